The molecule has 7 heteroatoms. The van der Waals surface area contributed by atoms with Crippen molar-refractivity contribution < 1.29 is 22.3 Å². The zero-order valence-electron chi connectivity index (χ0n) is 20.2. The Labute approximate surface area is 216 Å². The van der Waals surface area contributed by atoms with Crippen molar-refractivity contribution in [1.29, 1.82) is 0 Å². The fraction of sp³-hybridized carbons (Fsp3) is 0.200. The molecule has 0 fully saturated rings. The molecular weight excluding hydrogens is 492 g/mol. The molecule has 2 atom stereocenters. The third-order valence-corrected chi connectivity index (χ3v) is 8.19. The number of hydrogen-bond acceptors (Lipinski definition) is 4. The Morgan fingerprint density at radius 2 is 1.03 bits per heavy atom. The maximum atomic E-state index is 15.8. The van der Waals surface area contributed by atoms with Gasteiger partial charge in [-0.15, -0.1) is 0 Å². The lowest BCUT2D eigenvalue weighted by Gasteiger charge is -2.38. The summed E-state index contributed by atoms with van der Waals surface area (Å²) in [6.45, 7) is 0.484. The van der Waals surface area contributed by atoms with E-state index in [1.807, 2.05) is 66.7 Å². The van der Waals surface area contributed by atoms with E-state index in [2.05, 4.69) is 0 Å². The lowest BCUT2D eigenvalue weighted by Crippen LogP contribution is -2.55. The number of alkyl halides is 2. The van der Waals surface area contributed by atoms with Crippen LogP contribution in [0.2, 0.25) is 0 Å². The Morgan fingerprint density at radius 3 is 1.46 bits per heavy atom. The first-order chi connectivity index (χ1) is 17.8. The van der Waals surface area contributed by atoms with Gasteiger partial charge in [0, 0.05) is 19.1 Å². The van der Waals surface area contributed by atoms with Crippen LogP contribution in [0.5, 0.6) is 0 Å². The Morgan fingerprint density at radius 1 is 0.649 bits per heavy atom. The average molecular weight is 522 g/mol. The van der Waals surface area contributed by atoms with E-state index in [4.69, 9.17) is 0 Å². The van der Waals surface area contributed by atoms with E-state index in [1.165, 1.54) is 12.1 Å². The summed E-state index contributed by atoms with van der Waals surface area (Å²) in [7, 11) is -5.16. The van der Waals surface area contributed by atoms with E-state index in [-0.39, 0.29) is 19.5 Å². The van der Waals surface area contributed by atoms with E-state index in [1.54, 1.807) is 35.2 Å². The van der Waals surface area contributed by atoms with Crippen molar-refractivity contribution in [2.45, 2.75) is 41.8 Å². The molecule has 4 aromatic rings. The van der Waals surface area contributed by atoms with E-state index >= 15 is 8.78 Å². The van der Waals surface area contributed by atoms with Crippen molar-refractivity contribution in [2.24, 2.45) is 0 Å². The van der Waals surface area contributed by atoms with Crippen LogP contribution in [0, 0.1) is 0 Å². The van der Waals surface area contributed by atoms with Gasteiger partial charge in [-0.1, -0.05) is 109 Å². The van der Waals surface area contributed by atoms with Gasteiger partial charge in [0.1, 0.15) is 6.10 Å². The fourth-order valence-corrected chi connectivity index (χ4v) is 5.67. The monoisotopic (exact) mass is 521 g/mol. The predicted molar refractivity (Wildman–Crippen MR) is 141 cm³/mol. The van der Waals surface area contributed by atoms with Crippen molar-refractivity contribution >= 4 is 9.84 Å². The molecule has 192 valence electrons. The number of hydrogen-bond donors (Lipinski definition) is 1. The van der Waals surface area contributed by atoms with Crippen LogP contribution in [0.1, 0.15) is 16.7 Å². The molecular formula is C30H29F2NO3S. The molecule has 4 nitrogen and oxygen atoms in total. The maximum Gasteiger partial charge on any atom is 0.376 e. The first kappa shape index (κ1) is 26.7. The number of aliphatic hydroxyl groups is 1. The molecule has 1 N–H and O–H groups in total. The van der Waals surface area contributed by atoms with Crippen LogP contribution in [0.4, 0.5) is 8.78 Å². The Bertz CT molecular complexity index is 1310. The first-order valence-electron chi connectivity index (χ1n) is 12.0. The second kappa shape index (κ2) is 11.8. The summed E-state index contributed by atoms with van der Waals surface area (Å²) in [4.78, 5) is 1.20. The third-order valence-electron chi connectivity index (χ3n) is 6.33. The van der Waals surface area contributed by atoms with Gasteiger partial charge in [-0.3, -0.25) is 4.90 Å². The molecule has 0 aliphatic carbocycles. The highest BCUT2D eigenvalue weighted by atomic mass is 32.2. The number of aliphatic hydroxyl groups excluding tert-OH is 1. The predicted octanol–water partition coefficient (Wildman–Crippen LogP) is 5.73. The number of nitrogens with zero attached hydrogens (tertiary/aromatic N) is 1. The van der Waals surface area contributed by atoms with Crippen LogP contribution in [-0.4, -0.2) is 35.8 Å². The molecule has 4 aromatic carbocycles. The van der Waals surface area contributed by atoms with E-state index < -0.39 is 32.1 Å². The summed E-state index contributed by atoms with van der Waals surface area (Å²) >= 11 is 0. The first-order valence-corrected chi connectivity index (χ1v) is 13.5. The van der Waals surface area contributed by atoms with Gasteiger partial charge in [0.25, 0.3) is 0 Å². The minimum atomic E-state index is -5.16. The largest absolute Gasteiger partial charge is 0.384 e. The lowest BCUT2D eigenvalue weighted by atomic mass is 9.98. The van der Waals surface area contributed by atoms with E-state index in [0.29, 0.717) is 5.56 Å². The van der Waals surface area contributed by atoms with Crippen molar-refractivity contribution in [3.63, 3.8) is 0 Å². The molecule has 0 aromatic heterocycles. The standard InChI is InChI=1S/C30H29F2NO3S/c31-30(32,37(35,36)27-19-11-4-12-20-27)29(34)28(21-24-13-5-1-6-14-24)33(22-25-15-7-2-8-16-25)23-26-17-9-3-10-18-26/h1-20,28-29,34H,21-23H2/t28-,29+/m0/s1. The van der Waals surface area contributed by atoms with Gasteiger partial charge in [0.05, 0.1) is 4.90 Å². The second-order valence-electron chi connectivity index (χ2n) is 8.96. The SMILES string of the molecule is O=S(=O)(c1ccccc1)C(F)(F)[C@H](O)[C@H](Cc1ccccc1)N(Cc1ccccc1)Cc1ccccc1. The van der Waals surface area contributed by atoms with Crippen LogP contribution in [-0.2, 0) is 29.3 Å². The molecule has 0 saturated heterocycles. The third kappa shape index (κ3) is 6.31. The molecule has 0 spiro atoms. The Balaban J connectivity index is 1.77. The molecule has 0 radical (unpaired) electrons. The molecule has 0 unspecified atom stereocenters. The minimum absolute atomic E-state index is 0.0293. The van der Waals surface area contributed by atoms with Gasteiger partial charge in [0.15, 0.2) is 0 Å². The molecule has 37 heavy (non-hydrogen) atoms. The number of sulfone groups is 1. The zero-order valence-corrected chi connectivity index (χ0v) is 21.0. The van der Waals surface area contributed by atoms with Crippen molar-refractivity contribution in [1.82, 2.24) is 4.90 Å². The van der Waals surface area contributed by atoms with E-state index in [0.717, 1.165) is 23.3 Å². The van der Waals surface area contributed by atoms with Crippen molar-refractivity contribution in [3.05, 3.63) is 138 Å². The number of benzene rings is 4. The van der Waals surface area contributed by atoms with E-state index in [9.17, 15) is 13.5 Å². The van der Waals surface area contributed by atoms with Gasteiger partial charge < -0.3 is 5.11 Å². The average Bonchev–Trinajstić information content (AvgIpc) is 2.93. The second-order valence-corrected chi connectivity index (χ2v) is 11.0. The number of halogens is 2. The summed E-state index contributed by atoms with van der Waals surface area (Å²) in [5, 5.41) is 6.82. The highest BCUT2D eigenvalue weighted by Gasteiger charge is 2.56. The number of rotatable bonds is 11. The molecule has 0 heterocycles. The van der Waals surface area contributed by atoms with Crippen LogP contribution < -0.4 is 0 Å². The summed E-state index contributed by atoms with van der Waals surface area (Å²) < 4.78 is 57.7. The molecule has 0 bridgehead atoms. The summed E-state index contributed by atoms with van der Waals surface area (Å²) in [5.41, 5.74) is 2.43. The molecule has 4 rings (SSSR count). The van der Waals surface area contributed by atoms with Crippen LogP contribution >= 0.6 is 0 Å². The molecule has 0 aliphatic heterocycles. The summed E-state index contributed by atoms with van der Waals surface area (Å²) in [6, 6.07) is 33.0. The zero-order chi connectivity index (χ0) is 26.3. The van der Waals surface area contributed by atoms with Gasteiger partial charge in [-0.2, -0.15) is 8.78 Å². The maximum absolute atomic E-state index is 15.8. The topological polar surface area (TPSA) is 57.6 Å². The summed E-state index contributed by atoms with van der Waals surface area (Å²) in [5.74, 6) is 0. The Kier molecular flexibility index (Phi) is 8.48. The summed E-state index contributed by atoms with van der Waals surface area (Å²) in [6.07, 6.45) is -2.47. The fourth-order valence-electron chi connectivity index (χ4n) is 4.36. The van der Waals surface area contributed by atoms with Gasteiger partial charge in [-0.25, -0.2) is 8.42 Å². The van der Waals surface area contributed by atoms with Gasteiger partial charge >= 0.3 is 5.25 Å². The van der Waals surface area contributed by atoms with Crippen LogP contribution in [0.25, 0.3) is 0 Å². The Hall–Kier alpha value is -3.39. The van der Waals surface area contributed by atoms with Crippen molar-refractivity contribution in [2.75, 3.05) is 0 Å². The normalized spacial score (nSPS) is 13.8. The highest BCUT2D eigenvalue weighted by molar-refractivity contribution is 7.92. The minimum Gasteiger partial charge on any atom is -0.384 e. The van der Waals surface area contributed by atoms with Crippen LogP contribution in [0.3, 0.4) is 0 Å². The van der Waals surface area contributed by atoms with Crippen LogP contribution in [0.15, 0.2) is 126 Å². The highest BCUT2D eigenvalue weighted by Crippen LogP contribution is 2.36. The molecule has 0 amide bonds. The van der Waals surface area contributed by atoms with Crippen molar-refractivity contribution in [3.8, 4) is 0 Å². The quantitative estimate of drug-likeness (QED) is 0.274. The van der Waals surface area contributed by atoms with Gasteiger partial charge in [-0.05, 0) is 35.2 Å². The molecule has 0 aliphatic rings. The lowest BCUT2D eigenvalue weighted by molar-refractivity contribution is -0.0882. The smallest absolute Gasteiger partial charge is 0.376 e. The van der Waals surface area contributed by atoms with Gasteiger partial charge in [0.2, 0.25) is 9.84 Å². The molecule has 0 saturated carbocycles.